The fraction of sp³-hybridized carbons (Fsp3) is 0.370. The van der Waals surface area contributed by atoms with Gasteiger partial charge in [-0.25, -0.2) is 4.98 Å². The van der Waals surface area contributed by atoms with E-state index in [2.05, 4.69) is 46.8 Å². The number of Topliss-reactive ketones (excluding diaryl/α,β-unsaturated/α-hetero) is 1. The number of nitrogens with one attached hydrogen (secondary N) is 1. The third-order valence-corrected chi connectivity index (χ3v) is 7.95. The molecule has 1 N–H and O–H groups in total. The minimum Gasteiger partial charge on any atom is -0.486 e. The van der Waals surface area contributed by atoms with Gasteiger partial charge in [-0.1, -0.05) is 6.07 Å². The third-order valence-electron chi connectivity index (χ3n) is 7.95. The normalized spacial score (nSPS) is 17.9. The van der Waals surface area contributed by atoms with Crippen LogP contribution in [-0.4, -0.2) is 79.1 Å². The number of piperidine rings is 1. The van der Waals surface area contributed by atoms with Crippen LogP contribution < -0.4 is 44.3 Å². The van der Waals surface area contributed by atoms with Crippen molar-refractivity contribution in [3.8, 4) is 28.5 Å². The maximum Gasteiger partial charge on any atom is 1.00 e. The van der Waals surface area contributed by atoms with E-state index in [1.54, 1.807) is 12.1 Å². The molecule has 40 heavy (non-hydrogen) atoms. The molecule has 13 heteroatoms. The van der Waals surface area contributed by atoms with Gasteiger partial charge in [0.25, 0.3) is 5.91 Å². The Morgan fingerprint density at radius 3 is 2.58 bits per heavy atom. The topological polar surface area (TPSA) is 144 Å². The third kappa shape index (κ3) is 4.91. The zero-order valence-corrected chi connectivity index (χ0v) is 24.2. The van der Waals surface area contributed by atoms with Gasteiger partial charge < -0.3 is 19.6 Å². The maximum absolute atomic E-state index is 13.7. The number of aromatic amines is 1. The molecule has 1 spiro atoms. The fourth-order valence-electron chi connectivity index (χ4n) is 5.85. The number of rotatable bonds is 4. The van der Waals surface area contributed by atoms with Gasteiger partial charge in [-0.3, -0.25) is 25.0 Å². The molecule has 0 unspecified atom stereocenters. The first kappa shape index (κ1) is 26.6. The van der Waals surface area contributed by atoms with Crippen LogP contribution in [0.5, 0.6) is 5.75 Å². The molecule has 2 aromatic heterocycles. The summed E-state index contributed by atoms with van der Waals surface area (Å²) in [5, 5.41) is 21.7. The van der Waals surface area contributed by atoms with E-state index in [1.165, 1.54) is 6.33 Å². The van der Waals surface area contributed by atoms with Crippen molar-refractivity contribution in [2.24, 2.45) is 0 Å². The summed E-state index contributed by atoms with van der Waals surface area (Å²) in [6.07, 6.45) is 5.17. The molecule has 0 bridgehead atoms. The molecular weight excluding hydrogens is 521 g/mol. The first-order valence-electron chi connectivity index (χ1n) is 13.2. The van der Waals surface area contributed by atoms with Gasteiger partial charge in [0.1, 0.15) is 17.7 Å². The number of fused-ring (bicyclic) bond motifs is 1. The molecule has 4 aromatic rings. The molecule has 2 saturated heterocycles. The molecule has 0 saturated carbocycles. The molecule has 2 fully saturated rings. The van der Waals surface area contributed by atoms with Crippen molar-refractivity contribution in [2.75, 3.05) is 31.1 Å². The van der Waals surface area contributed by atoms with Crippen LogP contribution in [0, 0.1) is 0 Å². The predicted octanol–water partition coefficient (Wildman–Crippen LogP) is -0.475. The van der Waals surface area contributed by atoms with E-state index in [1.807, 2.05) is 23.1 Å². The number of benzene rings is 2. The molecule has 0 aliphatic carbocycles. The number of hydrogen-bond acceptors (Lipinski definition) is 9. The standard InChI is InChI=1S/C27H26N9O3.Na/c37-22-15-27(39-23-4-3-17(14-21(22)23)25-31-33-34-32-25)5-9-36(10-6-27)26(38)19-11-18(24-28-16-29-30-24)12-20(13-19)35-7-1-2-8-35;/h3-4,11-14,16H,1-2,5-10,15H2,(H-,28,29,30,31,32,33,34);/q-1;+1. The average molecular weight is 548 g/mol. The van der Waals surface area contributed by atoms with E-state index in [0.29, 0.717) is 60.0 Å². The van der Waals surface area contributed by atoms with Crippen molar-refractivity contribution in [3.05, 3.63) is 53.9 Å². The van der Waals surface area contributed by atoms with Crippen LogP contribution in [0.25, 0.3) is 22.8 Å². The number of hydrogen-bond donors (Lipinski definition) is 1. The van der Waals surface area contributed by atoms with Crippen LogP contribution in [0.1, 0.15) is 52.8 Å². The summed E-state index contributed by atoms with van der Waals surface area (Å²) >= 11 is 0. The number of likely N-dealkylation sites (tertiary alicyclic amines) is 1. The van der Waals surface area contributed by atoms with Crippen LogP contribution >= 0.6 is 0 Å². The van der Waals surface area contributed by atoms with Gasteiger partial charge in [0.15, 0.2) is 11.6 Å². The van der Waals surface area contributed by atoms with Crippen molar-refractivity contribution in [2.45, 2.75) is 37.7 Å². The fourth-order valence-corrected chi connectivity index (χ4v) is 5.85. The summed E-state index contributed by atoms with van der Waals surface area (Å²) in [5.74, 6) is 1.54. The Morgan fingerprint density at radius 2 is 1.85 bits per heavy atom. The van der Waals surface area contributed by atoms with Gasteiger partial charge in [-0.05, 0) is 48.7 Å². The van der Waals surface area contributed by atoms with Crippen molar-refractivity contribution in [1.82, 2.24) is 40.7 Å². The maximum atomic E-state index is 13.7. The molecule has 3 aliphatic rings. The number of carbonyl (C=O) groups is 2. The largest absolute Gasteiger partial charge is 1.00 e. The van der Waals surface area contributed by atoms with Crippen LogP contribution in [0.3, 0.4) is 0 Å². The zero-order chi connectivity index (χ0) is 26.4. The molecular formula is C27H26N9NaO3. The Bertz CT molecular complexity index is 1530. The number of aromatic nitrogens is 7. The SMILES string of the molecule is O=C1CC2(CCN(C(=O)c3cc(-c4ncn[nH]4)cc(N4CCCC4)c3)CC2)Oc2ccc(-c3nnn[n-]3)cc21.[Na+]. The summed E-state index contributed by atoms with van der Waals surface area (Å²) in [7, 11) is 0. The zero-order valence-electron chi connectivity index (χ0n) is 22.2. The van der Waals surface area contributed by atoms with Crippen molar-refractivity contribution < 1.29 is 43.9 Å². The molecule has 12 nitrogen and oxygen atoms in total. The molecule has 198 valence electrons. The van der Waals surface area contributed by atoms with Crippen molar-refractivity contribution in [1.29, 1.82) is 0 Å². The number of ketones is 1. The molecule has 7 rings (SSSR count). The number of amides is 1. The Kier molecular flexibility index (Phi) is 7.15. The molecule has 0 radical (unpaired) electrons. The van der Waals surface area contributed by atoms with E-state index in [-0.39, 0.29) is 47.7 Å². The second-order valence-corrected chi connectivity index (χ2v) is 10.4. The van der Waals surface area contributed by atoms with Crippen molar-refractivity contribution >= 4 is 17.4 Å². The summed E-state index contributed by atoms with van der Waals surface area (Å²) in [5.41, 5.74) is 3.05. The van der Waals surface area contributed by atoms with Gasteiger partial charge in [-0.15, -0.1) is 0 Å². The van der Waals surface area contributed by atoms with Gasteiger partial charge in [0.2, 0.25) is 0 Å². The van der Waals surface area contributed by atoms with Crippen LogP contribution in [0.4, 0.5) is 5.69 Å². The van der Waals surface area contributed by atoms with Gasteiger partial charge in [0, 0.05) is 61.7 Å². The number of anilines is 1. The monoisotopic (exact) mass is 547 g/mol. The summed E-state index contributed by atoms with van der Waals surface area (Å²) in [6, 6.07) is 11.3. The molecule has 0 atom stereocenters. The van der Waals surface area contributed by atoms with E-state index < -0.39 is 5.60 Å². The van der Waals surface area contributed by atoms with Gasteiger partial charge in [-0.2, -0.15) is 10.3 Å². The second-order valence-electron chi connectivity index (χ2n) is 10.4. The smallest absolute Gasteiger partial charge is 0.486 e. The molecule has 2 aromatic carbocycles. The van der Waals surface area contributed by atoms with E-state index >= 15 is 0 Å². The molecule has 1 amide bonds. The number of nitrogens with zero attached hydrogens (tertiary/aromatic N) is 8. The van der Waals surface area contributed by atoms with Crippen LogP contribution in [0.2, 0.25) is 0 Å². The van der Waals surface area contributed by atoms with E-state index in [9.17, 15) is 9.59 Å². The first-order chi connectivity index (χ1) is 19.1. The molecule has 3 aliphatic heterocycles. The first-order valence-corrected chi connectivity index (χ1v) is 13.2. The minimum atomic E-state index is -0.620. The minimum absolute atomic E-state index is 0. The van der Waals surface area contributed by atoms with Crippen LogP contribution in [-0.2, 0) is 0 Å². The summed E-state index contributed by atoms with van der Waals surface area (Å²) < 4.78 is 6.43. The van der Waals surface area contributed by atoms with Crippen LogP contribution in [0.15, 0.2) is 42.7 Å². The van der Waals surface area contributed by atoms with Gasteiger partial charge >= 0.3 is 29.6 Å². The van der Waals surface area contributed by atoms with Crippen molar-refractivity contribution in [3.63, 3.8) is 0 Å². The number of H-pyrrole nitrogens is 1. The van der Waals surface area contributed by atoms with E-state index in [0.717, 1.165) is 37.2 Å². The summed E-state index contributed by atoms with van der Waals surface area (Å²) in [4.78, 5) is 35.3. The van der Waals surface area contributed by atoms with E-state index in [4.69, 9.17) is 4.74 Å². The molecule has 5 heterocycles. The Morgan fingerprint density at radius 1 is 1.02 bits per heavy atom. The number of ether oxygens (including phenoxy) is 1. The Labute approximate surface area is 252 Å². The van der Waals surface area contributed by atoms with Gasteiger partial charge in [0.05, 0.1) is 12.0 Å². The number of tetrazole rings is 1. The number of carbonyl (C=O) groups excluding carboxylic acids is 2. The average Bonchev–Trinajstić information content (AvgIpc) is 3.77. The Balaban J connectivity index is 0.00000289. The second kappa shape index (κ2) is 10.8. The predicted molar refractivity (Wildman–Crippen MR) is 139 cm³/mol. The quantitative estimate of drug-likeness (QED) is 0.333. The summed E-state index contributed by atoms with van der Waals surface area (Å²) in [6.45, 7) is 2.96. The Hall–Kier alpha value is -3.61.